The van der Waals surface area contributed by atoms with Crippen molar-refractivity contribution in [2.45, 2.75) is 13.8 Å². The van der Waals surface area contributed by atoms with Gasteiger partial charge >= 0.3 is 0 Å². The number of benzene rings is 1. The predicted octanol–water partition coefficient (Wildman–Crippen LogP) is 2.44. The van der Waals surface area contributed by atoms with Crippen LogP contribution in [0.5, 0.6) is 5.75 Å². The molecule has 25 heavy (non-hydrogen) atoms. The Bertz CT molecular complexity index is 971. The summed E-state index contributed by atoms with van der Waals surface area (Å²) in [4.78, 5) is 31.0. The lowest BCUT2D eigenvalue weighted by Gasteiger charge is -2.09. The first kappa shape index (κ1) is 16.5. The fourth-order valence-electron chi connectivity index (χ4n) is 2.41. The van der Waals surface area contributed by atoms with Crippen molar-refractivity contribution >= 4 is 11.6 Å². The molecule has 0 spiro atoms. The first-order valence-electron chi connectivity index (χ1n) is 7.68. The zero-order valence-corrected chi connectivity index (χ0v) is 14.2. The molecule has 3 rings (SSSR count). The van der Waals surface area contributed by atoms with Crippen LogP contribution in [0.4, 0.5) is 5.69 Å². The van der Waals surface area contributed by atoms with Crippen LogP contribution in [0.2, 0.25) is 0 Å². The average molecular weight is 338 g/mol. The van der Waals surface area contributed by atoms with Crippen molar-refractivity contribution in [3.05, 3.63) is 70.2 Å². The number of hydrogen-bond donors (Lipinski definition) is 2. The summed E-state index contributed by atoms with van der Waals surface area (Å²) in [5.41, 5.74) is 3.42. The van der Waals surface area contributed by atoms with E-state index in [4.69, 9.17) is 4.74 Å². The van der Waals surface area contributed by atoms with Crippen LogP contribution in [0.3, 0.4) is 0 Å². The molecule has 1 amide bonds. The second-order valence-corrected chi connectivity index (χ2v) is 5.57. The van der Waals surface area contributed by atoms with E-state index in [2.05, 4.69) is 15.3 Å². The van der Waals surface area contributed by atoms with E-state index in [0.717, 1.165) is 17.1 Å². The molecule has 7 nitrogen and oxygen atoms in total. The summed E-state index contributed by atoms with van der Waals surface area (Å²) in [6.07, 6.45) is 3.13. The molecule has 0 saturated heterocycles. The van der Waals surface area contributed by atoms with Gasteiger partial charge in [0.25, 0.3) is 5.91 Å². The molecule has 0 saturated carbocycles. The Morgan fingerprint density at radius 3 is 2.52 bits per heavy atom. The first-order valence-corrected chi connectivity index (χ1v) is 7.68. The van der Waals surface area contributed by atoms with Crippen LogP contribution >= 0.6 is 0 Å². The molecule has 0 aliphatic rings. The van der Waals surface area contributed by atoms with Gasteiger partial charge in [0.05, 0.1) is 19.1 Å². The van der Waals surface area contributed by atoms with Gasteiger partial charge in [0.15, 0.2) is 5.75 Å². The third-order valence-corrected chi connectivity index (χ3v) is 4.00. The first-order chi connectivity index (χ1) is 12.0. The monoisotopic (exact) mass is 338 g/mol. The summed E-state index contributed by atoms with van der Waals surface area (Å²) in [5, 5.41) is 2.75. The zero-order valence-electron chi connectivity index (χ0n) is 14.2. The highest BCUT2D eigenvalue weighted by molar-refractivity contribution is 6.02. The van der Waals surface area contributed by atoms with Crippen LogP contribution < -0.4 is 15.5 Å². The predicted molar refractivity (Wildman–Crippen MR) is 94.6 cm³/mol. The maximum atomic E-state index is 12.2. The van der Waals surface area contributed by atoms with Crippen molar-refractivity contribution in [2.75, 3.05) is 12.4 Å². The molecule has 2 aromatic heterocycles. The fraction of sp³-hybridized carbons (Fsp3) is 0.167. The Labute approximate surface area is 144 Å². The number of carbonyl (C=O) groups is 1. The highest BCUT2D eigenvalue weighted by atomic mass is 16.5. The van der Waals surface area contributed by atoms with Gasteiger partial charge < -0.3 is 19.6 Å². The number of aromatic nitrogens is 3. The second kappa shape index (κ2) is 6.64. The number of anilines is 1. The third-order valence-electron chi connectivity index (χ3n) is 4.00. The van der Waals surface area contributed by atoms with Gasteiger partial charge in [0, 0.05) is 29.3 Å². The van der Waals surface area contributed by atoms with Gasteiger partial charge in [-0.15, -0.1) is 0 Å². The van der Waals surface area contributed by atoms with Gasteiger partial charge in [-0.25, -0.2) is 4.98 Å². The number of rotatable bonds is 4. The Morgan fingerprint density at radius 1 is 1.24 bits per heavy atom. The van der Waals surface area contributed by atoms with Gasteiger partial charge in [-0.2, -0.15) is 0 Å². The van der Waals surface area contributed by atoms with Crippen molar-refractivity contribution in [1.29, 1.82) is 0 Å². The van der Waals surface area contributed by atoms with Gasteiger partial charge in [-0.05, 0) is 38.1 Å². The molecule has 0 radical (unpaired) electrons. The van der Waals surface area contributed by atoms with Crippen molar-refractivity contribution < 1.29 is 9.53 Å². The number of H-pyrrole nitrogens is 1. The largest absolute Gasteiger partial charge is 0.491 e. The maximum absolute atomic E-state index is 12.2. The number of imidazole rings is 1. The zero-order chi connectivity index (χ0) is 18.0. The van der Waals surface area contributed by atoms with Crippen LogP contribution in [0.1, 0.15) is 21.9 Å². The smallest absolute Gasteiger partial charge is 0.272 e. The lowest BCUT2D eigenvalue weighted by Crippen LogP contribution is -2.17. The van der Waals surface area contributed by atoms with Crippen molar-refractivity contribution in [3.8, 4) is 11.4 Å². The molecular formula is C18H18N4O3. The van der Waals surface area contributed by atoms with Crippen molar-refractivity contribution in [3.63, 3.8) is 0 Å². The van der Waals surface area contributed by atoms with E-state index < -0.39 is 5.91 Å². The van der Waals surface area contributed by atoms with Crippen molar-refractivity contribution in [1.82, 2.24) is 14.5 Å². The molecule has 1 aromatic carbocycles. The lowest BCUT2D eigenvalue weighted by molar-refractivity contribution is 0.102. The molecule has 0 atom stereocenters. The molecule has 0 bridgehead atoms. The number of nitrogens with one attached hydrogen (secondary N) is 2. The van der Waals surface area contributed by atoms with E-state index in [9.17, 15) is 9.59 Å². The number of pyridine rings is 1. The molecule has 2 N–H and O–H groups in total. The molecule has 0 unspecified atom stereocenters. The maximum Gasteiger partial charge on any atom is 0.272 e. The summed E-state index contributed by atoms with van der Waals surface area (Å²) in [5.74, 6) is -0.242. The molecule has 0 fully saturated rings. The Morgan fingerprint density at radius 2 is 1.96 bits per heavy atom. The molecule has 2 heterocycles. The van der Waals surface area contributed by atoms with E-state index in [1.807, 2.05) is 30.5 Å². The molecule has 0 aliphatic heterocycles. The molecule has 0 aliphatic carbocycles. The standard InChI is InChI=1S/C18H18N4O3/c1-11-12(2)22(10-20-11)14-6-4-13(5-7-14)21-18(24)15-8-16(23)17(25-3)9-19-15/h4-10H,1-3H3,(H,19,23)(H,21,24). The van der Waals surface area contributed by atoms with Crippen LogP contribution in [-0.4, -0.2) is 27.6 Å². The average Bonchev–Trinajstić information content (AvgIpc) is 2.95. The molecule has 128 valence electrons. The minimum atomic E-state index is -0.401. The Kier molecular flexibility index (Phi) is 4.38. The normalized spacial score (nSPS) is 10.5. The van der Waals surface area contributed by atoms with E-state index in [0.29, 0.717) is 5.69 Å². The summed E-state index contributed by atoms with van der Waals surface area (Å²) in [6, 6.07) is 8.58. The highest BCUT2D eigenvalue weighted by Gasteiger charge is 2.10. The number of aryl methyl sites for hydroxylation is 1. The minimum Gasteiger partial charge on any atom is -0.491 e. The van der Waals surface area contributed by atoms with E-state index in [1.54, 1.807) is 18.5 Å². The quantitative estimate of drug-likeness (QED) is 0.765. The summed E-state index contributed by atoms with van der Waals surface area (Å²) >= 11 is 0. The van der Waals surface area contributed by atoms with Crippen molar-refractivity contribution in [2.24, 2.45) is 0 Å². The minimum absolute atomic E-state index is 0.159. The van der Waals surface area contributed by atoms with E-state index >= 15 is 0 Å². The van der Waals surface area contributed by atoms with Crippen LogP contribution in [0.15, 0.2) is 47.7 Å². The summed E-state index contributed by atoms with van der Waals surface area (Å²) in [6.45, 7) is 3.95. The number of methoxy groups -OCH3 is 1. The number of carbonyl (C=O) groups excluding carboxylic acids is 1. The van der Waals surface area contributed by atoms with Gasteiger partial charge in [0.1, 0.15) is 5.69 Å². The van der Waals surface area contributed by atoms with Crippen LogP contribution in [0.25, 0.3) is 5.69 Å². The summed E-state index contributed by atoms with van der Waals surface area (Å²) in [7, 11) is 1.40. The molecule has 7 heteroatoms. The number of ether oxygens (including phenoxy) is 1. The fourth-order valence-corrected chi connectivity index (χ4v) is 2.41. The second-order valence-electron chi connectivity index (χ2n) is 5.57. The van der Waals surface area contributed by atoms with Gasteiger partial charge in [-0.1, -0.05) is 0 Å². The SMILES string of the molecule is COc1c[nH]c(C(=O)Nc2ccc(-n3cnc(C)c3C)cc2)cc1=O. The third kappa shape index (κ3) is 3.30. The summed E-state index contributed by atoms with van der Waals surface area (Å²) < 4.78 is 6.86. The molecular weight excluding hydrogens is 320 g/mol. The number of amides is 1. The number of hydrogen-bond acceptors (Lipinski definition) is 4. The Hall–Kier alpha value is -3.35. The highest BCUT2D eigenvalue weighted by Crippen LogP contribution is 2.17. The van der Waals surface area contributed by atoms with E-state index in [-0.39, 0.29) is 16.9 Å². The van der Waals surface area contributed by atoms with Gasteiger partial charge in [-0.3, -0.25) is 9.59 Å². The van der Waals surface area contributed by atoms with Crippen LogP contribution in [0, 0.1) is 13.8 Å². The Balaban J connectivity index is 1.77. The van der Waals surface area contributed by atoms with E-state index in [1.165, 1.54) is 19.4 Å². The van der Waals surface area contributed by atoms with Gasteiger partial charge in [0.2, 0.25) is 5.43 Å². The number of aromatic amines is 1. The van der Waals surface area contributed by atoms with Crippen LogP contribution in [-0.2, 0) is 0 Å². The molecule has 3 aromatic rings. The lowest BCUT2D eigenvalue weighted by atomic mass is 10.2. The topological polar surface area (TPSA) is 89.0 Å². The number of nitrogens with zero attached hydrogens (tertiary/aromatic N) is 2.